The molecule has 0 heterocycles. The molecule has 0 aromatic heterocycles. The molecule has 2 N–H and O–H groups in total. The van der Waals surface area contributed by atoms with E-state index < -0.39 is 0 Å². The molecule has 5 heteroatoms. The topological polar surface area (TPSA) is 45.7 Å². The molecular formula is C14H32IN3O. The van der Waals surface area contributed by atoms with Crippen molar-refractivity contribution < 1.29 is 4.74 Å². The van der Waals surface area contributed by atoms with Gasteiger partial charge >= 0.3 is 0 Å². The third-order valence-corrected chi connectivity index (χ3v) is 2.85. The summed E-state index contributed by atoms with van der Waals surface area (Å²) in [7, 11) is 3.51. The molecule has 0 saturated heterocycles. The third-order valence-electron chi connectivity index (χ3n) is 2.85. The van der Waals surface area contributed by atoms with Crippen molar-refractivity contribution in [3.05, 3.63) is 0 Å². The molecule has 0 saturated carbocycles. The molecule has 0 aliphatic carbocycles. The highest BCUT2D eigenvalue weighted by molar-refractivity contribution is 14.0. The minimum Gasteiger partial charge on any atom is -0.377 e. The van der Waals surface area contributed by atoms with Crippen LogP contribution in [0, 0.1) is 5.41 Å². The highest BCUT2D eigenvalue weighted by atomic mass is 127. The number of halogens is 1. The summed E-state index contributed by atoms with van der Waals surface area (Å²) >= 11 is 0. The quantitative estimate of drug-likeness (QED) is 0.320. The van der Waals surface area contributed by atoms with Crippen LogP contribution in [0.5, 0.6) is 0 Å². The first kappa shape index (κ1) is 21.3. The maximum Gasteiger partial charge on any atom is 0.191 e. The molecule has 0 radical (unpaired) electrons. The lowest BCUT2D eigenvalue weighted by molar-refractivity contribution is 0.0268. The lowest BCUT2D eigenvalue weighted by Gasteiger charge is -2.24. The van der Waals surface area contributed by atoms with Crippen LogP contribution in [0.3, 0.4) is 0 Å². The fourth-order valence-electron chi connectivity index (χ4n) is 1.41. The number of aliphatic imine (C=N–C) groups is 1. The lowest BCUT2D eigenvalue weighted by atomic mass is 9.91. The minimum absolute atomic E-state index is 0. The van der Waals surface area contributed by atoms with Crippen LogP contribution in [-0.4, -0.2) is 38.8 Å². The van der Waals surface area contributed by atoms with E-state index in [0.29, 0.717) is 5.41 Å². The van der Waals surface area contributed by atoms with Crippen molar-refractivity contribution in [2.45, 2.75) is 53.1 Å². The van der Waals surface area contributed by atoms with Crippen LogP contribution < -0.4 is 10.6 Å². The Labute approximate surface area is 136 Å². The summed E-state index contributed by atoms with van der Waals surface area (Å²) in [6.07, 6.45) is 2.36. The molecule has 0 bridgehead atoms. The van der Waals surface area contributed by atoms with Gasteiger partial charge in [-0.25, -0.2) is 0 Å². The molecule has 0 atom stereocenters. The fraction of sp³-hybridized carbons (Fsp3) is 0.929. The highest BCUT2D eigenvalue weighted by Crippen LogP contribution is 2.19. The predicted octanol–water partition coefficient (Wildman–Crippen LogP) is 3.02. The number of ether oxygens (including phenoxy) is 1. The number of hydrogen-bond donors (Lipinski definition) is 2. The van der Waals surface area contributed by atoms with E-state index in [1.54, 1.807) is 14.2 Å². The van der Waals surface area contributed by atoms with E-state index >= 15 is 0 Å². The van der Waals surface area contributed by atoms with E-state index in [1.165, 1.54) is 6.42 Å². The summed E-state index contributed by atoms with van der Waals surface area (Å²) in [5.74, 6) is 0.842. The van der Waals surface area contributed by atoms with Crippen LogP contribution in [-0.2, 0) is 4.74 Å². The summed E-state index contributed by atoms with van der Waals surface area (Å²) in [6, 6.07) is 0. The summed E-state index contributed by atoms with van der Waals surface area (Å²) in [5.41, 5.74) is 0.222. The van der Waals surface area contributed by atoms with Gasteiger partial charge in [0.1, 0.15) is 0 Å². The molecule has 0 aromatic rings. The second-order valence-corrected chi connectivity index (χ2v) is 6.48. The molecule has 0 rings (SSSR count). The number of nitrogens with one attached hydrogen (secondary N) is 2. The van der Waals surface area contributed by atoms with Crippen LogP contribution >= 0.6 is 24.0 Å². The summed E-state index contributed by atoms with van der Waals surface area (Å²) in [5, 5.41) is 6.59. The molecule has 0 fully saturated rings. The van der Waals surface area contributed by atoms with Gasteiger partial charge in [-0.1, -0.05) is 20.8 Å². The molecule has 19 heavy (non-hydrogen) atoms. The predicted molar refractivity (Wildman–Crippen MR) is 94.6 cm³/mol. The van der Waals surface area contributed by atoms with E-state index in [4.69, 9.17) is 4.74 Å². The van der Waals surface area contributed by atoms with Gasteiger partial charge in [0.15, 0.2) is 5.96 Å². The number of nitrogens with zero attached hydrogens (tertiary/aromatic N) is 1. The fourth-order valence-corrected chi connectivity index (χ4v) is 1.41. The Hall–Kier alpha value is -0.0400. The van der Waals surface area contributed by atoms with Crippen molar-refractivity contribution >= 4 is 29.9 Å². The monoisotopic (exact) mass is 385 g/mol. The Morgan fingerprint density at radius 1 is 1.11 bits per heavy atom. The van der Waals surface area contributed by atoms with Crippen LogP contribution in [0.25, 0.3) is 0 Å². The zero-order valence-corrected chi connectivity index (χ0v) is 15.9. The van der Waals surface area contributed by atoms with E-state index in [1.807, 2.05) is 13.8 Å². The van der Waals surface area contributed by atoms with E-state index in [0.717, 1.165) is 25.5 Å². The molecule has 4 nitrogen and oxygen atoms in total. The van der Waals surface area contributed by atoms with E-state index in [-0.39, 0.29) is 29.6 Å². The largest absolute Gasteiger partial charge is 0.377 e. The molecule has 116 valence electrons. The van der Waals surface area contributed by atoms with Gasteiger partial charge in [0.25, 0.3) is 0 Å². The van der Waals surface area contributed by atoms with Gasteiger partial charge in [-0.15, -0.1) is 24.0 Å². The standard InChI is InChI=1S/C14H31N3O.HI/c1-13(2,3)9-8-10-16-12(15-6)17-11-14(4,5)18-7;/h8-11H2,1-7H3,(H2,15,16,17);1H. The van der Waals surface area contributed by atoms with Gasteiger partial charge in [-0.2, -0.15) is 0 Å². The molecule has 0 spiro atoms. The number of rotatable bonds is 6. The summed E-state index contributed by atoms with van der Waals surface area (Å²) in [6.45, 7) is 12.6. The molecule has 0 unspecified atom stereocenters. The Bertz CT molecular complexity index is 260. The SMILES string of the molecule is CN=C(NCCCC(C)(C)C)NCC(C)(C)OC.I. The molecule has 0 aliphatic rings. The summed E-state index contributed by atoms with van der Waals surface area (Å²) in [4.78, 5) is 4.20. The smallest absolute Gasteiger partial charge is 0.191 e. The first-order valence-electron chi connectivity index (χ1n) is 6.70. The zero-order chi connectivity index (χ0) is 14.2. The summed E-state index contributed by atoms with van der Waals surface area (Å²) < 4.78 is 5.36. The van der Waals surface area contributed by atoms with Gasteiger partial charge in [-0.05, 0) is 32.1 Å². The average Bonchev–Trinajstić information content (AvgIpc) is 2.27. The molecule has 0 aliphatic heterocycles. The third kappa shape index (κ3) is 12.7. The van der Waals surface area contributed by atoms with Gasteiger partial charge in [0.05, 0.1) is 5.60 Å². The van der Waals surface area contributed by atoms with Crippen molar-refractivity contribution in [1.29, 1.82) is 0 Å². The van der Waals surface area contributed by atoms with Gasteiger partial charge in [0.2, 0.25) is 0 Å². The van der Waals surface area contributed by atoms with Crippen molar-refractivity contribution in [2.75, 3.05) is 27.2 Å². The van der Waals surface area contributed by atoms with Gasteiger partial charge in [-0.3, -0.25) is 4.99 Å². The maximum atomic E-state index is 5.36. The van der Waals surface area contributed by atoms with Crippen molar-refractivity contribution in [1.82, 2.24) is 10.6 Å². The van der Waals surface area contributed by atoms with Crippen LogP contribution in [0.4, 0.5) is 0 Å². The minimum atomic E-state index is -0.178. The van der Waals surface area contributed by atoms with Gasteiger partial charge < -0.3 is 15.4 Å². The molecule has 0 aromatic carbocycles. The number of methoxy groups -OCH3 is 1. The average molecular weight is 385 g/mol. The molecular weight excluding hydrogens is 353 g/mol. The molecule has 0 amide bonds. The Morgan fingerprint density at radius 2 is 1.68 bits per heavy atom. The second-order valence-electron chi connectivity index (χ2n) is 6.48. The lowest BCUT2D eigenvalue weighted by Crippen LogP contribution is -2.45. The normalized spacial score (nSPS) is 12.9. The zero-order valence-electron chi connectivity index (χ0n) is 13.6. The van der Waals surface area contributed by atoms with E-state index in [9.17, 15) is 0 Å². The Balaban J connectivity index is 0. The Kier molecular flexibility index (Phi) is 11.0. The first-order valence-corrected chi connectivity index (χ1v) is 6.70. The number of hydrogen-bond acceptors (Lipinski definition) is 2. The van der Waals surface area contributed by atoms with Gasteiger partial charge in [0, 0.05) is 27.2 Å². The Morgan fingerprint density at radius 3 is 2.11 bits per heavy atom. The van der Waals surface area contributed by atoms with Crippen LogP contribution in [0.2, 0.25) is 0 Å². The van der Waals surface area contributed by atoms with Crippen molar-refractivity contribution in [3.8, 4) is 0 Å². The van der Waals surface area contributed by atoms with Crippen molar-refractivity contribution in [3.63, 3.8) is 0 Å². The highest BCUT2D eigenvalue weighted by Gasteiger charge is 2.16. The van der Waals surface area contributed by atoms with E-state index in [2.05, 4.69) is 36.4 Å². The van der Waals surface area contributed by atoms with Crippen LogP contribution in [0.1, 0.15) is 47.5 Å². The van der Waals surface area contributed by atoms with Crippen molar-refractivity contribution in [2.24, 2.45) is 10.4 Å². The second kappa shape index (κ2) is 9.80. The first-order chi connectivity index (χ1) is 8.20. The van der Waals surface area contributed by atoms with Crippen LogP contribution in [0.15, 0.2) is 4.99 Å². The maximum absolute atomic E-state index is 5.36. The number of guanidine groups is 1.